The van der Waals surface area contributed by atoms with Crippen molar-refractivity contribution in [3.8, 4) is 10.8 Å². The molecule has 2 nitrogen and oxygen atoms in total. The van der Waals surface area contributed by atoms with Crippen molar-refractivity contribution in [2.24, 2.45) is 0 Å². The van der Waals surface area contributed by atoms with Gasteiger partial charge in [-0.2, -0.15) is 0 Å². The van der Waals surface area contributed by atoms with Crippen molar-refractivity contribution in [2.45, 2.75) is 0 Å². The van der Waals surface area contributed by atoms with E-state index < -0.39 is 0 Å². The lowest BCUT2D eigenvalue weighted by Crippen LogP contribution is -1.83. The normalized spacial score (nSPS) is 10.1. The maximum absolute atomic E-state index is 5.64. The molecule has 0 saturated heterocycles. The molecule has 14 heavy (non-hydrogen) atoms. The van der Waals surface area contributed by atoms with Gasteiger partial charge >= 0.3 is 0 Å². The van der Waals surface area contributed by atoms with Crippen LogP contribution >= 0.6 is 43.2 Å². The van der Waals surface area contributed by atoms with Crippen LogP contribution in [0.4, 0.5) is 0 Å². The Morgan fingerprint density at radius 2 is 1.93 bits per heavy atom. The highest BCUT2D eigenvalue weighted by Crippen LogP contribution is 2.37. The van der Waals surface area contributed by atoms with Crippen LogP contribution in [0.3, 0.4) is 0 Å². The standard InChI is InChI=1S/C9H5Br2NOS/c10-6-2-1-3-7(11)9(6)13-8-4-12-5-14-8/h1-5H. The van der Waals surface area contributed by atoms with Gasteiger partial charge in [-0.1, -0.05) is 17.4 Å². The Morgan fingerprint density at radius 1 is 1.21 bits per heavy atom. The third-order valence-electron chi connectivity index (χ3n) is 1.53. The highest BCUT2D eigenvalue weighted by atomic mass is 79.9. The van der Waals surface area contributed by atoms with Crippen LogP contribution in [0.2, 0.25) is 0 Å². The van der Waals surface area contributed by atoms with Crippen molar-refractivity contribution in [3.63, 3.8) is 0 Å². The smallest absolute Gasteiger partial charge is 0.200 e. The molecule has 2 rings (SSSR count). The second kappa shape index (κ2) is 4.42. The first-order chi connectivity index (χ1) is 6.77. The molecule has 0 saturated carbocycles. The van der Waals surface area contributed by atoms with E-state index in [-0.39, 0.29) is 0 Å². The van der Waals surface area contributed by atoms with E-state index in [0.717, 1.165) is 19.8 Å². The maximum atomic E-state index is 5.64. The molecule has 1 aromatic carbocycles. The van der Waals surface area contributed by atoms with Gasteiger partial charge in [0.05, 0.1) is 20.7 Å². The number of nitrogens with zero attached hydrogens (tertiary/aromatic N) is 1. The van der Waals surface area contributed by atoms with Crippen LogP contribution in [0.5, 0.6) is 10.8 Å². The van der Waals surface area contributed by atoms with Gasteiger partial charge < -0.3 is 4.74 Å². The monoisotopic (exact) mass is 333 g/mol. The predicted octanol–water partition coefficient (Wildman–Crippen LogP) is 4.46. The molecular weight excluding hydrogens is 330 g/mol. The van der Waals surface area contributed by atoms with Crippen molar-refractivity contribution in [2.75, 3.05) is 0 Å². The Hall–Kier alpha value is -0.390. The fourth-order valence-corrected chi connectivity index (χ4v) is 2.57. The van der Waals surface area contributed by atoms with Crippen LogP contribution in [0, 0.1) is 0 Å². The first-order valence-electron chi connectivity index (χ1n) is 3.78. The molecule has 0 atom stereocenters. The van der Waals surface area contributed by atoms with Crippen LogP contribution in [-0.2, 0) is 0 Å². The number of thiazole rings is 1. The summed E-state index contributed by atoms with van der Waals surface area (Å²) in [7, 11) is 0. The van der Waals surface area contributed by atoms with Crippen molar-refractivity contribution >= 4 is 43.2 Å². The first kappa shape index (κ1) is 10.1. The Labute approximate surface area is 102 Å². The van der Waals surface area contributed by atoms with Crippen molar-refractivity contribution < 1.29 is 4.74 Å². The van der Waals surface area contributed by atoms with Gasteiger partial charge in [0.15, 0.2) is 5.75 Å². The predicted molar refractivity (Wildman–Crippen MR) is 64.0 cm³/mol. The lowest BCUT2D eigenvalue weighted by atomic mass is 10.3. The van der Waals surface area contributed by atoms with Gasteiger partial charge in [-0.15, -0.1) is 0 Å². The fourth-order valence-electron chi connectivity index (χ4n) is 0.935. The van der Waals surface area contributed by atoms with E-state index in [1.807, 2.05) is 18.2 Å². The van der Waals surface area contributed by atoms with E-state index in [4.69, 9.17) is 4.74 Å². The summed E-state index contributed by atoms with van der Waals surface area (Å²) >= 11 is 8.30. The maximum Gasteiger partial charge on any atom is 0.200 e. The molecule has 0 bridgehead atoms. The van der Waals surface area contributed by atoms with Crippen molar-refractivity contribution in [1.29, 1.82) is 0 Å². The van der Waals surface area contributed by atoms with E-state index in [0.29, 0.717) is 0 Å². The molecular formula is C9H5Br2NOS. The number of benzene rings is 1. The number of para-hydroxylation sites is 1. The zero-order valence-electron chi connectivity index (χ0n) is 6.91. The summed E-state index contributed by atoms with van der Waals surface area (Å²) < 4.78 is 7.48. The number of hydrogen-bond acceptors (Lipinski definition) is 3. The minimum absolute atomic E-state index is 0.775. The molecule has 0 aliphatic heterocycles. The third-order valence-corrected chi connectivity index (χ3v) is 3.43. The highest BCUT2D eigenvalue weighted by molar-refractivity contribution is 9.11. The van der Waals surface area contributed by atoms with E-state index in [1.165, 1.54) is 11.3 Å². The molecule has 0 amide bonds. The second-order valence-corrected chi connectivity index (χ2v) is 5.03. The van der Waals surface area contributed by atoms with Crippen molar-refractivity contribution in [1.82, 2.24) is 4.98 Å². The van der Waals surface area contributed by atoms with E-state index >= 15 is 0 Å². The van der Waals surface area contributed by atoms with Crippen LogP contribution < -0.4 is 4.74 Å². The molecule has 1 heterocycles. The summed E-state index contributed by atoms with van der Waals surface area (Å²) in [6.07, 6.45) is 1.69. The van der Waals surface area contributed by atoms with Gasteiger partial charge in [0.1, 0.15) is 0 Å². The molecule has 0 fully saturated rings. The average molecular weight is 335 g/mol. The number of hydrogen-bond donors (Lipinski definition) is 0. The second-order valence-electron chi connectivity index (χ2n) is 2.47. The summed E-state index contributed by atoms with van der Waals surface area (Å²) in [5.74, 6) is 0.775. The zero-order valence-corrected chi connectivity index (χ0v) is 10.9. The minimum atomic E-state index is 0.775. The number of rotatable bonds is 2. The molecule has 2 aromatic rings. The Balaban J connectivity index is 2.33. The summed E-state index contributed by atoms with van der Waals surface area (Å²) in [4.78, 5) is 3.94. The van der Waals surface area contributed by atoms with Crippen LogP contribution in [0.15, 0.2) is 38.9 Å². The summed E-state index contributed by atoms with van der Waals surface area (Å²) in [6, 6.07) is 5.80. The Kier molecular flexibility index (Phi) is 3.20. The van der Waals surface area contributed by atoms with Gasteiger partial charge in [0.25, 0.3) is 0 Å². The zero-order chi connectivity index (χ0) is 9.97. The van der Waals surface area contributed by atoms with Gasteiger partial charge in [0.2, 0.25) is 5.06 Å². The number of halogens is 2. The quantitative estimate of drug-likeness (QED) is 0.808. The Bertz CT molecular complexity index is 410. The number of aromatic nitrogens is 1. The molecule has 0 spiro atoms. The third kappa shape index (κ3) is 2.16. The Morgan fingerprint density at radius 3 is 2.50 bits per heavy atom. The largest absolute Gasteiger partial charge is 0.443 e. The van der Waals surface area contributed by atoms with Crippen LogP contribution in [0.1, 0.15) is 0 Å². The lowest BCUT2D eigenvalue weighted by molar-refractivity contribution is 0.489. The average Bonchev–Trinajstić information content (AvgIpc) is 2.64. The topological polar surface area (TPSA) is 22.1 Å². The van der Waals surface area contributed by atoms with Crippen molar-refractivity contribution in [3.05, 3.63) is 38.9 Å². The summed E-state index contributed by atoms with van der Waals surface area (Å²) in [6.45, 7) is 0. The molecule has 0 aliphatic rings. The molecule has 72 valence electrons. The summed E-state index contributed by atoms with van der Waals surface area (Å²) in [5.41, 5.74) is 1.74. The molecule has 0 aliphatic carbocycles. The lowest BCUT2D eigenvalue weighted by Gasteiger charge is -2.06. The number of ether oxygens (including phenoxy) is 1. The van der Waals surface area contributed by atoms with Gasteiger partial charge in [-0.05, 0) is 44.0 Å². The molecule has 0 N–H and O–H groups in total. The van der Waals surface area contributed by atoms with Crippen LogP contribution in [-0.4, -0.2) is 4.98 Å². The highest BCUT2D eigenvalue weighted by Gasteiger charge is 2.07. The van der Waals surface area contributed by atoms with E-state index in [1.54, 1.807) is 11.7 Å². The van der Waals surface area contributed by atoms with E-state index in [9.17, 15) is 0 Å². The first-order valence-corrected chi connectivity index (χ1v) is 6.24. The molecule has 5 heteroatoms. The van der Waals surface area contributed by atoms with Gasteiger partial charge in [-0.25, -0.2) is 4.98 Å². The molecule has 0 unspecified atom stereocenters. The van der Waals surface area contributed by atoms with Crippen LogP contribution in [0.25, 0.3) is 0 Å². The minimum Gasteiger partial charge on any atom is -0.443 e. The van der Waals surface area contributed by atoms with Gasteiger partial charge in [0, 0.05) is 0 Å². The fraction of sp³-hybridized carbons (Fsp3) is 0. The summed E-state index contributed by atoms with van der Waals surface area (Å²) in [5, 5.41) is 0.776. The van der Waals surface area contributed by atoms with Gasteiger partial charge in [-0.3, -0.25) is 0 Å². The molecule has 1 aromatic heterocycles. The van der Waals surface area contributed by atoms with E-state index in [2.05, 4.69) is 36.8 Å². The molecule has 0 radical (unpaired) electrons. The SMILES string of the molecule is Brc1cccc(Br)c1Oc1cncs1.